The van der Waals surface area contributed by atoms with Gasteiger partial charge in [0.25, 0.3) is 5.91 Å². The molecule has 0 fully saturated rings. The lowest BCUT2D eigenvalue weighted by molar-refractivity contribution is -0.136. The van der Waals surface area contributed by atoms with E-state index in [1.807, 2.05) is 6.92 Å². The number of nitrogens with one attached hydrogen (secondary N) is 3. The summed E-state index contributed by atoms with van der Waals surface area (Å²) >= 11 is 11.9. The van der Waals surface area contributed by atoms with Gasteiger partial charge in [-0.15, -0.1) is 0 Å². The fraction of sp³-hybridized carbons (Fsp3) is 0.0833. The quantitative estimate of drug-likeness (QED) is 0.254. The van der Waals surface area contributed by atoms with E-state index in [1.54, 1.807) is 66.7 Å². The van der Waals surface area contributed by atoms with Crippen LogP contribution in [-0.2, 0) is 14.4 Å². The molecule has 3 amide bonds. The van der Waals surface area contributed by atoms with E-state index in [9.17, 15) is 14.4 Å². The summed E-state index contributed by atoms with van der Waals surface area (Å²) < 4.78 is 5.57. The van der Waals surface area contributed by atoms with Gasteiger partial charge >= 0.3 is 11.8 Å². The average Bonchev–Trinajstić information content (AvgIpc) is 2.80. The van der Waals surface area contributed by atoms with Crippen molar-refractivity contribution in [1.29, 1.82) is 0 Å². The maximum absolute atomic E-state index is 12.2. The Labute approximate surface area is 205 Å². The van der Waals surface area contributed by atoms with Crippen LogP contribution in [0.15, 0.2) is 71.8 Å². The molecule has 0 aromatic heterocycles. The first-order valence-corrected chi connectivity index (χ1v) is 10.7. The Balaban J connectivity index is 1.53. The monoisotopic (exact) mass is 498 g/mol. The van der Waals surface area contributed by atoms with E-state index in [0.29, 0.717) is 32.7 Å². The Morgan fingerprint density at radius 2 is 1.68 bits per heavy atom. The molecule has 0 atom stereocenters. The lowest BCUT2D eigenvalue weighted by Crippen LogP contribution is -2.32. The van der Waals surface area contributed by atoms with Crippen molar-refractivity contribution in [3.63, 3.8) is 0 Å². The van der Waals surface area contributed by atoms with Crippen LogP contribution < -0.4 is 20.8 Å². The highest BCUT2D eigenvalue weighted by Crippen LogP contribution is 2.20. The van der Waals surface area contributed by atoms with Crippen molar-refractivity contribution in [2.75, 3.05) is 17.2 Å². The lowest BCUT2D eigenvalue weighted by Gasteiger charge is -2.10. The average molecular weight is 499 g/mol. The minimum atomic E-state index is -0.966. The molecule has 0 aliphatic rings. The topological polar surface area (TPSA) is 109 Å². The number of carbonyl (C=O) groups is 3. The number of hydrogen-bond donors (Lipinski definition) is 3. The van der Waals surface area contributed by atoms with Crippen molar-refractivity contribution >= 4 is 58.5 Å². The summed E-state index contributed by atoms with van der Waals surface area (Å²) in [5.74, 6) is -1.89. The molecule has 0 radical (unpaired) electrons. The molecule has 0 unspecified atom stereocenters. The molecule has 0 aliphatic carbocycles. The molecular formula is C24H20Cl2N4O4. The second-order valence-electron chi connectivity index (χ2n) is 7.00. The van der Waals surface area contributed by atoms with Crippen LogP contribution >= 0.6 is 23.2 Å². The minimum Gasteiger partial charge on any atom is -0.483 e. The first-order valence-electron chi connectivity index (χ1n) is 9.99. The molecule has 0 aliphatic heterocycles. The Morgan fingerprint density at radius 1 is 0.912 bits per heavy atom. The molecule has 0 heterocycles. The van der Waals surface area contributed by atoms with Gasteiger partial charge in [0.2, 0.25) is 0 Å². The molecule has 174 valence electrons. The zero-order valence-corrected chi connectivity index (χ0v) is 19.5. The van der Waals surface area contributed by atoms with E-state index in [0.717, 1.165) is 5.56 Å². The molecule has 3 aromatic rings. The number of hydrazone groups is 1. The molecule has 0 saturated heterocycles. The Kier molecular flexibility index (Phi) is 8.61. The highest BCUT2D eigenvalue weighted by Gasteiger charge is 2.13. The second-order valence-corrected chi connectivity index (χ2v) is 7.85. The SMILES string of the molecule is Cc1ccc(NC(=O)C(=O)N/N=C\c2ccccc2OCC(=O)Nc2cccc(Cl)c2)cc1Cl. The Hall–Kier alpha value is -3.88. The molecular weight excluding hydrogens is 479 g/mol. The summed E-state index contributed by atoms with van der Waals surface area (Å²) in [5.41, 5.74) is 4.41. The highest BCUT2D eigenvalue weighted by atomic mass is 35.5. The summed E-state index contributed by atoms with van der Waals surface area (Å²) in [4.78, 5) is 36.2. The summed E-state index contributed by atoms with van der Waals surface area (Å²) in [6.07, 6.45) is 1.30. The van der Waals surface area contributed by atoms with Crippen LogP contribution in [0.5, 0.6) is 5.75 Å². The number of carbonyl (C=O) groups excluding carboxylic acids is 3. The molecule has 34 heavy (non-hydrogen) atoms. The van der Waals surface area contributed by atoms with Crippen molar-refractivity contribution < 1.29 is 19.1 Å². The van der Waals surface area contributed by atoms with Crippen LogP contribution in [-0.4, -0.2) is 30.5 Å². The van der Waals surface area contributed by atoms with Crippen LogP contribution in [0.4, 0.5) is 11.4 Å². The van der Waals surface area contributed by atoms with E-state index in [-0.39, 0.29) is 12.5 Å². The number of benzene rings is 3. The summed E-state index contributed by atoms with van der Waals surface area (Å²) in [6.45, 7) is 1.56. The molecule has 3 N–H and O–H groups in total. The van der Waals surface area contributed by atoms with Crippen LogP contribution in [0, 0.1) is 6.92 Å². The van der Waals surface area contributed by atoms with Gasteiger partial charge in [0.05, 0.1) is 6.21 Å². The third-order valence-electron chi connectivity index (χ3n) is 4.39. The zero-order chi connectivity index (χ0) is 24.5. The number of halogens is 2. The van der Waals surface area contributed by atoms with Gasteiger partial charge in [0, 0.05) is 27.0 Å². The van der Waals surface area contributed by atoms with Crippen molar-refractivity contribution in [3.05, 3.63) is 87.9 Å². The first-order chi connectivity index (χ1) is 16.3. The number of rotatable bonds is 7. The molecule has 8 nitrogen and oxygen atoms in total. The van der Waals surface area contributed by atoms with Crippen molar-refractivity contribution in [1.82, 2.24) is 5.43 Å². The maximum Gasteiger partial charge on any atom is 0.329 e. The largest absolute Gasteiger partial charge is 0.483 e. The van der Waals surface area contributed by atoms with Crippen molar-refractivity contribution in [3.8, 4) is 5.75 Å². The predicted octanol–water partition coefficient (Wildman–Crippen LogP) is 4.41. The summed E-state index contributed by atoms with van der Waals surface area (Å²) in [5, 5.41) is 9.88. The maximum atomic E-state index is 12.2. The number of amides is 3. The van der Waals surface area contributed by atoms with E-state index in [1.165, 1.54) is 6.21 Å². The fourth-order valence-electron chi connectivity index (χ4n) is 2.69. The highest BCUT2D eigenvalue weighted by molar-refractivity contribution is 6.40. The fourth-order valence-corrected chi connectivity index (χ4v) is 3.07. The van der Waals surface area contributed by atoms with Gasteiger partial charge < -0.3 is 15.4 Å². The standard InChI is InChI=1S/C24H20Cl2N4O4/c1-15-9-10-19(12-20(15)26)29-23(32)24(33)30-27-13-16-5-2-3-8-21(16)34-14-22(31)28-18-7-4-6-17(25)11-18/h2-13H,14H2,1H3,(H,28,31)(H,29,32)(H,30,33)/b27-13-. The van der Waals surface area contributed by atoms with Gasteiger partial charge in [0.1, 0.15) is 5.75 Å². The number of ether oxygens (including phenoxy) is 1. The Morgan fingerprint density at radius 3 is 2.44 bits per heavy atom. The molecule has 0 bridgehead atoms. The van der Waals surface area contributed by atoms with E-state index >= 15 is 0 Å². The number of anilines is 2. The summed E-state index contributed by atoms with van der Waals surface area (Å²) in [7, 11) is 0. The summed E-state index contributed by atoms with van der Waals surface area (Å²) in [6, 6.07) is 18.4. The van der Waals surface area contributed by atoms with Gasteiger partial charge in [-0.05, 0) is 55.0 Å². The number of hydrogen-bond acceptors (Lipinski definition) is 5. The third-order valence-corrected chi connectivity index (χ3v) is 5.03. The molecule has 0 spiro atoms. The second kappa shape index (κ2) is 11.8. The zero-order valence-electron chi connectivity index (χ0n) is 18.0. The van der Waals surface area contributed by atoms with Gasteiger partial charge in [0.15, 0.2) is 6.61 Å². The smallest absolute Gasteiger partial charge is 0.329 e. The van der Waals surface area contributed by atoms with E-state index < -0.39 is 11.8 Å². The third kappa shape index (κ3) is 7.33. The van der Waals surface area contributed by atoms with Gasteiger partial charge in [-0.3, -0.25) is 14.4 Å². The molecule has 3 aromatic carbocycles. The predicted molar refractivity (Wildman–Crippen MR) is 133 cm³/mol. The van der Waals surface area contributed by atoms with Crippen LogP contribution in [0.25, 0.3) is 0 Å². The Bertz CT molecular complexity index is 1250. The normalized spacial score (nSPS) is 10.6. The lowest BCUT2D eigenvalue weighted by atomic mass is 10.2. The van der Waals surface area contributed by atoms with Gasteiger partial charge in [-0.1, -0.05) is 47.5 Å². The molecule has 0 saturated carbocycles. The van der Waals surface area contributed by atoms with Crippen LogP contribution in [0.3, 0.4) is 0 Å². The van der Waals surface area contributed by atoms with E-state index in [2.05, 4.69) is 21.2 Å². The number of aryl methyl sites for hydroxylation is 1. The van der Waals surface area contributed by atoms with Crippen LogP contribution in [0.2, 0.25) is 10.0 Å². The number of nitrogens with zero attached hydrogens (tertiary/aromatic N) is 1. The van der Waals surface area contributed by atoms with Gasteiger partial charge in [-0.25, -0.2) is 5.43 Å². The van der Waals surface area contributed by atoms with Crippen molar-refractivity contribution in [2.24, 2.45) is 5.10 Å². The first kappa shape index (κ1) is 24.8. The van der Waals surface area contributed by atoms with E-state index in [4.69, 9.17) is 27.9 Å². The van der Waals surface area contributed by atoms with Crippen LogP contribution in [0.1, 0.15) is 11.1 Å². The molecule has 3 rings (SSSR count). The van der Waals surface area contributed by atoms with Crippen molar-refractivity contribution in [2.45, 2.75) is 6.92 Å². The minimum absolute atomic E-state index is 0.259. The van der Waals surface area contributed by atoms with Gasteiger partial charge in [-0.2, -0.15) is 5.10 Å². The molecule has 10 heteroatoms. The number of para-hydroxylation sites is 1.